The van der Waals surface area contributed by atoms with E-state index in [9.17, 15) is 0 Å². The number of hydrogen-bond acceptors (Lipinski definition) is 7. The summed E-state index contributed by atoms with van der Waals surface area (Å²) in [6.07, 6.45) is -1.80. The number of fused-ring (bicyclic) bond motifs is 3. The fraction of sp³-hybridized carbons (Fsp3) is 0.714. The molecule has 0 aliphatic carbocycles. The molecule has 0 amide bonds. The summed E-state index contributed by atoms with van der Waals surface area (Å²) < 4.78 is 42.1. The summed E-state index contributed by atoms with van der Waals surface area (Å²) in [4.78, 5) is 0. The summed E-state index contributed by atoms with van der Waals surface area (Å²) in [5, 5.41) is 0. The second-order valence-electron chi connectivity index (χ2n) is 8.43. The molecule has 0 saturated carbocycles. The molecule has 6 atom stereocenters. The molecule has 3 heterocycles. The van der Waals surface area contributed by atoms with Crippen LogP contribution in [0.5, 0.6) is 5.75 Å². The highest BCUT2D eigenvalue weighted by Gasteiger charge is 2.59. The average Bonchev–Trinajstić information content (AvgIpc) is 2.98. The quantitative estimate of drug-likeness (QED) is 0.778. The summed E-state index contributed by atoms with van der Waals surface area (Å²) >= 11 is 0. The number of ether oxygens (including phenoxy) is 7. The van der Waals surface area contributed by atoms with Crippen LogP contribution in [0.25, 0.3) is 0 Å². The van der Waals surface area contributed by atoms with Crippen LogP contribution in [0.2, 0.25) is 0 Å². The molecule has 3 fully saturated rings. The van der Waals surface area contributed by atoms with Crippen molar-refractivity contribution in [3.05, 3.63) is 29.8 Å². The van der Waals surface area contributed by atoms with Crippen molar-refractivity contribution in [2.24, 2.45) is 0 Å². The summed E-state index contributed by atoms with van der Waals surface area (Å²) in [6.45, 7) is 8.06. The first kappa shape index (κ1) is 20.1. The first-order valence-corrected chi connectivity index (χ1v) is 9.72. The summed E-state index contributed by atoms with van der Waals surface area (Å²) in [5.41, 5.74) is 0.983. The van der Waals surface area contributed by atoms with Crippen LogP contribution in [0.4, 0.5) is 0 Å². The van der Waals surface area contributed by atoms with Crippen LogP contribution < -0.4 is 4.74 Å². The third kappa shape index (κ3) is 3.67. The Morgan fingerprint density at radius 3 is 2.18 bits per heavy atom. The Balaban J connectivity index is 1.64. The minimum Gasteiger partial charge on any atom is -0.497 e. The minimum absolute atomic E-state index is 0.257. The van der Waals surface area contributed by atoms with E-state index in [4.69, 9.17) is 33.2 Å². The fourth-order valence-electron chi connectivity index (χ4n) is 4.31. The Labute approximate surface area is 166 Å². The van der Waals surface area contributed by atoms with E-state index in [1.807, 2.05) is 52.0 Å². The van der Waals surface area contributed by atoms with Crippen LogP contribution in [0.1, 0.15) is 39.4 Å². The molecule has 3 saturated heterocycles. The van der Waals surface area contributed by atoms with Gasteiger partial charge in [0.05, 0.1) is 13.7 Å². The van der Waals surface area contributed by atoms with E-state index in [0.717, 1.165) is 11.3 Å². The molecule has 3 aliphatic rings. The second kappa shape index (κ2) is 7.23. The highest BCUT2D eigenvalue weighted by Crippen LogP contribution is 2.45. The third-order valence-electron chi connectivity index (χ3n) is 5.52. The van der Waals surface area contributed by atoms with Crippen molar-refractivity contribution in [3.63, 3.8) is 0 Å². The van der Waals surface area contributed by atoms with Crippen molar-refractivity contribution < 1.29 is 33.2 Å². The van der Waals surface area contributed by atoms with Crippen molar-refractivity contribution in [1.29, 1.82) is 0 Å². The predicted octanol–water partition coefficient (Wildman–Crippen LogP) is 2.82. The van der Waals surface area contributed by atoms with E-state index >= 15 is 0 Å². The van der Waals surface area contributed by atoms with Gasteiger partial charge in [0.2, 0.25) is 0 Å². The van der Waals surface area contributed by atoms with Gasteiger partial charge in [0.25, 0.3) is 0 Å². The van der Waals surface area contributed by atoms with Gasteiger partial charge in [-0.1, -0.05) is 12.1 Å². The van der Waals surface area contributed by atoms with Gasteiger partial charge in [0.1, 0.15) is 42.4 Å². The number of methoxy groups -OCH3 is 2. The molecule has 0 N–H and O–H groups in total. The van der Waals surface area contributed by atoms with Crippen molar-refractivity contribution in [1.82, 2.24) is 0 Å². The third-order valence-corrected chi connectivity index (χ3v) is 5.52. The smallest absolute Gasteiger partial charge is 0.164 e. The molecule has 0 aromatic heterocycles. The first-order chi connectivity index (χ1) is 13.2. The molecule has 0 spiro atoms. The van der Waals surface area contributed by atoms with Crippen molar-refractivity contribution in [3.8, 4) is 5.75 Å². The van der Waals surface area contributed by atoms with E-state index in [1.54, 1.807) is 14.2 Å². The van der Waals surface area contributed by atoms with Crippen molar-refractivity contribution in [2.75, 3.05) is 20.8 Å². The topological polar surface area (TPSA) is 64.6 Å². The highest BCUT2D eigenvalue weighted by atomic mass is 16.8. The molecular formula is C21H30O7. The van der Waals surface area contributed by atoms with E-state index in [-0.39, 0.29) is 36.6 Å². The highest BCUT2D eigenvalue weighted by molar-refractivity contribution is 5.29. The molecule has 28 heavy (non-hydrogen) atoms. The Morgan fingerprint density at radius 1 is 0.893 bits per heavy atom. The lowest BCUT2D eigenvalue weighted by molar-refractivity contribution is -0.353. The minimum atomic E-state index is -0.726. The van der Waals surface area contributed by atoms with Crippen LogP contribution in [-0.4, -0.2) is 62.9 Å². The fourth-order valence-corrected chi connectivity index (χ4v) is 4.31. The van der Waals surface area contributed by atoms with Gasteiger partial charge in [0.15, 0.2) is 11.6 Å². The van der Waals surface area contributed by atoms with E-state index in [1.165, 1.54) is 0 Å². The van der Waals surface area contributed by atoms with Crippen LogP contribution >= 0.6 is 0 Å². The van der Waals surface area contributed by atoms with Gasteiger partial charge in [0, 0.05) is 7.11 Å². The molecule has 0 radical (unpaired) electrons. The zero-order valence-electron chi connectivity index (χ0n) is 17.3. The second-order valence-corrected chi connectivity index (χ2v) is 8.43. The van der Waals surface area contributed by atoms with Crippen molar-refractivity contribution in [2.45, 2.75) is 75.9 Å². The van der Waals surface area contributed by atoms with Crippen LogP contribution in [-0.2, 0) is 28.4 Å². The van der Waals surface area contributed by atoms with Gasteiger partial charge in [-0.15, -0.1) is 0 Å². The van der Waals surface area contributed by atoms with E-state index in [2.05, 4.69) is 0 Å². The van der Waals surface area contributed by atoms with Gasteiger partial charge in [-0.05, 0) is 45.4 Å². The number of benzene rings is 1. The molecule has 2 unspecified atom stereocenters. The molecule has 156 valence electrons. The van der Waals surface area contributed by atoms with Gasteiger partial charge in [-0.25, -0.2) is 0 Å². The summed E-state index contributed by atoms with van der Waals surface area (Å²) in [5.74, 6) is -0.621. The van der Waals surface area contributed by atoms with Gasteiger partial charge in [-0.3, -0.25) is 0 Å². The standard InChI is InChI=1S/C21H30O7/c1-20(2)24-11-14-16(26-20)18-19(28-21(3,4)27-18)17(25-14)15(23-6)12-7-9-13(22-5)10-8-12/h7-10,14-19H,11H2,1-6H3/t14-,15?,16-,17?,18+,19-/m1/s1. The van der Waals surface area contributed by atoms with E-state index in [0.29, 0.717) is 6.61 Å². The lowest BCUT2D eigenvalue weighted by atomic mass is 9.89. The summed E-state index contributed by atoms with van der Waals surface area (Å²) in [7, 11) is 3.32. The lowest BCUT2D eigenvalue weighted by Crippen LogP contribution is -2.64. The van der Waals surface area contributed by atoms with Crippen molar-refractivity contribution >= 4 is 0 Å². The van der Waals surface area contributed by atoms with Crippen LogP contribution in [0.15, 0.2) is 24.3 Å². The SMILES string of the molecule is COc1ccc(C(OC)C2O[C@@H]3COC(C)(C)O[C@H]3[C@@H]3OC(C)(C)O[C@H]23)cc1. The molecule has 1 aromatic carbocycles. The number of rotatable bonds is 4. The summed E-state index contributed by atoms with van der Waals surface area (Å²) in [6, 6.07) is 7.79. The maximum absolute atomic E-state index is 6.44. The Morgan fingerprint density at radius 2 is 1.54 bits per heavy atom. The Hall–Kier alpha value is -1.22. The molecule has 3 aliphatic heterocycles. The molecule has 7 nitrogen and oxygen atoms in total. The zero-order chi connectivity index (χ0) is 20.1. The Bertz CT molecular complexity index is 686. The monoisotopic (exact) mass is 394 g/mol. The molecule has 7 heteroatoms. The average molecular weight is 394 g/mol. The van der Waals surface area contributed by atoms with Gasteiger partial charge in [-0.2, -0.15) is 0 Å². The zero-order valence-corrected chi connectivity index (χ0v) is 17.3. The predicted molar refractivity (Wildman–Crippen MR) is 100 cm³/mol. The molecule has 4 rings (SSSR count). The van der Waals surface area contributed by atoms with Crippen LogP contribution in [0.3, 0.4) is 0 Å². The Kier molecular flexibility index (Phi) is 5.18. The van der Waals surface area contributed by atoms with Gasteiger partial charge >= 0.3 is 0 Å². The maximum Gasteiger partial charge on any atom is 0.164 e. The number of hydrogen-bond donors (Lipinski definition) is 0. The van der Waals surface area contributed by atoms with Gasteiger partial charge < -0.3 is 33.2 Å². The van der Waals surface area contributed by atoms with E-state index < -0.39 is 11.6 Å². The molecule has 1 aromatic rings. The van der Waals surface area contributed by atoms with Crippen LogP contribution in [0, 0.1) is 0 Å². The molecule has 0 bridgehead atoms. The maximum atomic E-state index is 6.44. The first-order valence-electron chi connectivity index (χ1n) is 9.72. The normalized spacial score (nSPS) is 37.0. The largest absolute Gasteiger partial charge is 0.497 e. The molecular weight excluding hydrogens is 364 g/mol. The lowest BCUT2D eigenvalue weighted by Gasteiger charge is -2.49.